The van der Waals surface area contributed by atoms with E-state index < -0.39 is 0 Å². The van der Waals surface area contributed by atoms with Gasteiger partial charge in [0.2, 0.25) is 0 Å². The molecule has 5 heteroatoms. The highest BCUT2D eigenvalue weighted by Gasteiger charge is 2.07. The van der Waals surface area contributed by atoms with Crippen molar-refractivity contribution >= 4 is 11.7 Å². The maximum atomic E-state index is 11.8. The smallest absolute Gasteiger partial charge is 0.256 e. The summed E-state index contributed by atoms with van der Waals surface area (Å²) in [6, 6.07) is 8.90. The molecule has 17 heavy (non-hydrogen) atoms. The van der Waals surface area contributed by atoms with Gasteiger partial charge in [0.25, 0.3) is 5.91 Å². The Hall–Kier alpha value is -2.14. The maximum absolute atomic E-state index is 11.8. The Morgan fingerprint density at radius 2 is 2.06 bits per heavy atom. The minimum Gasteiger partial charge on any atom is -0.363 e. The van der Waals surface area contributed by atoms with Crippen molar-refractivity contribution in [3.63, 3.8) is 0 Å². The lowest BCUT2D eigenvalue weighted by atomic mass is 10.1. The number of amides is 1. The van der Waals surface area contributed by atoms with Crippen LogP contribution in [0.1, 0.15) is 15.9 Å². The summed E-state index contributed by atoms with van der Waals surface area (Å²) in [6.45, 7) is 0.602. The van der Waals surface area contributed by atoms with Crippen LogP contribution < -0.4 is 11.1 Å². The summed E-state index contributed by atoms with van der Waals surface area (Å²) >= 11 is 0. The first-order valence-electron chi connectivity index (χ1n) is 5.30. The quantitative estimate of drug-likeness (QED) is 0.834. The molecule has 0 saturated carbocycles. The SMILES string of the molecule is NCCc1ccc(C(=O)Nc2ccon2)cc1. The second kappa shape index (κ2) is 5.27. The molecule has 0 saturated heterocycles. The van der Waals surface area contributed by atoms with E-state index in [1.54, 1.807) is 18.2 Å². The van der Waals surface area contributed by atoms with Crippen LogP contribution in [0.15, 0.2) is 41.1 Å². The molecule has 3 N–H and O–H groups in total. The summed E-state index contributed by atoms with van der Waals surface area (Å²) in [7, 11) is 0. The molecule has 0 aliphatic heterocycles. The summed E-state index contributed by atoms with van der Waals surface area (Å²) < 4.78 is 4.62. The fourth-order valence-corrected chi connectivity index (χ4v) is 1.45. The maximum Gasteiger partial charge on any atom is 0.256 e. The van der Waals surface area contributed by atoms with Crippen molar-refractivity contribution in [2.24, 2.45) is 5.73 Å². The van der Waals surface area contributed by atoms with Gasteiger partial charge in [0.1, 0.15) is 6.26 Å². The van der Waals surface area contributed by atoms with Gasteiger partial charge in [-0.2, -0.15) is 0 Å². The Labute approximate surface area is 98.6 Å². The molecular formula is C12H13N3O2. The first kappa shape index (κ1) is 11.3. The van der Waals surface area contributed by atoms with Crippen molar-refractivity contribution in [3.05, 3.63) is 47.7 Å². The number of aromatic nitrogens is 1. The second-order valence-corrected chi connectivity index (χ2v) is 3.57. The number of hydrogen-bond acceptors (Lipinski definition) is 4. The number of carbonyl (C=O) groups excluding carboxylic acids is 1. The molecule has 0 fully saturated rings. The highest BCUT2D eigenvalue weighted by atomic mass is 16.5. The third-order valence-corrected chi connectivity index (χ3v) is 2.33. The van der Waals surface area contributed by atoms with Crippen LogP contribution in [0.25, 0.3) is 0 Å². The lowest BCUT2D eigenvalue weighted by Gasteiger charge is -2.03. The van der Waals surface area contributed by atoms with Crippen molar-refractivity contribution < 1.29 is 9.32 Å². The van der Waals surface area contributed by atoms with Gasteiger partial charge in [-0.1, -0.05) is 17.3 Å². The lowest BCUT2D eigenvalue weighted by molar-refractivity contribution is 0.102. The van der Waals surface area contributed by atoms with Gasteiger partial charge in [0.15, 0.2) is 5.82 Å². The number of hydrogen-bond donors (Lipinski definition) is 2. The molecule has 1 heterocycles. The number of benzene rings is 1. The standard InChI is InChI=1S/C12H13N3O2/c13-7-5-9-1-3-10(4-2-9)12(16)14-11-6-8-17-15-11/h1-4,6,8H,5,7,13H2,(H,14,15,16). The minimum absolute atomic E-state index is 0.210. The van der Waals surface area contributed by atoms with Crippen LogP contribution in [0.4, 0.5) is 5.82 Å². The molecule has 2 rings (SSSR count). The highest BCUT2D eigenvalue weighted by Crippen LogP contribution is 2.08. The number of nitrogens with zero attached hydrogens (tertiary/aromatic N) is 1. The van der Waals surface area contributed by atoms with Crippen molar-refractivity contribution in [2.75, 3.05) is 11.9 Å². The second-order valence-electron chi connectivity index (χ2n) is 3.57. The van der Waals surface area contributed by atoms with E-state index in [2.05, 4.69) is 15.0 Å². The number of nitrogens with one attached hydrogen (secondary N) is 1. The van der Waals surface area contributed by atoms with E-state index >= 15 is 0 Å². The van der Waals surface area contributed by atoms with Crippen LogP contribution in [-0.4, -0.2) is 17.6 Å². The van der Waals surface area contributed by atoms with Gasteiger partial charge < -0.3 is 15.6 Å². The largest absolute Gasteiger partial charge is 0.363 e. The van der Waals surface area contributed by atoms with Crippen LogP contribution in [0.3, 0.4) is 0 Å². The molecule has 0 bridgehead atoms. The number of anilines is 1. The van der Waals surface area contributed by atoms with E-state index in [0.29, 0.717) is 17.9 Å². The predicted octanol–water partition coefficient (Wildman–Crippen LogP) is 1.43. The van der Waals surface area contributed by atoms with Crippen LogP contribution in [-0.2, 0) is 6.42 Å². The van der Waals surface area contributed by atoms with Crippen molar-refractivity contribution in [3.8, 4) is 0 Å². The van der Waals surface area contributed by atoms with Crippen LogP contribution in [0.2, 0.25) is 0 Å². The molecule has 2 aromatic rings. The minimum atomic E-state index is -0.210. The van der Waals surface area contributed by atoms with Gasteiger partial charge in [0, 0.05) is 11.6 Å². The normalized spacial score (nSPS) is 10.2. The molecule has 0 unspecified atom stereocenters. The molecule has 0 atom stereocenters. The summed E-state index contributed by atoms with van der Waals surface area (Å²) in [5.74, 6) is 0.194. The number of nitrogens with two attached hydrogens (primary N) is 1. The summed E-state index contributed by atoms with van der Waals surface area (Å²) in [5.41, 5.74) is 7.14. The van der Waals surface area contributed by atoms with Crippen LogP contribution >= 0.6 is 0 Å². The Bertz CT molecular complexity index is 477. The fourth-order valence-electron chi connectivity index (χ4n) is 1.45. The zero-order valence-electron chi connectivity index (χ0n) is 9.22. The molecule has 1 amide bonds. The summed E-state index contributed by atoms with van der Waals surface area (Å²) in [4.78, 5) is 11.8. The van der Waals surface area contributed by atoms with E-state index in [1.165, 1.54) is 6.26 Å². The zero-order valence-corrected chi connectivity index (χ0v) is 9.22. The molecule has 0 aliphatic rings. The van der Waals surface area contributed by atoms with E-state index in [-0.39, 0.29) is 5.91 Å². The average molecular weight is 231 g/mol. The molecule has 1 aromatic carbocycles. The molecule has 88 valence electrons. The van der Waals surface area contributed by atoms with Gasteiger partial charge in [-0.3, -0.25) is 4.79 Å². The Balaban J connectivity index is 2.04. The van der Waals surface area contributed by atoms with Gasteiger partial charge in [-0.05, 0) is 30.7 Å². The average Bonchev–Trinajstić information content (AvgIpc) is 2.83. The predicted molar refractivity (Wildman–Crippen MR) is 63.7 cm³/mol. The third-order valence-electron chi connectivity index (χ3n) is 2.33. The Kier molecular flexibility index (Phi) is 3.52. The van der Waals surface area contributed by atoms with E-state index in [0.717, 1.165) is 12.0 Å². The number of rotatable bonds is 4. The molecular weight excluding hydrogens is 218 g/mol. The molecule has 0 radical (unpaired) electrons. The van der Waals surface area contributed by atoms with Crippen molar-refractivity contribution in [1.29, 1.82) is 0 Å². The fraction of sp³-hybridized carbons (Fsp3) is 0.167. The van der Waals surface area contributed by atoms with E-state index in [9.17, 15) is 4.79 Å². The van der Waals surface area contributed by atoms with Crippen molar-refractivity contribution in [2.45, 2.75) is 6.42 Å². The summed E-state index contributed by atoms with van der Waals surface area (Å²) in [5, 5.41) is 6.23. The highest BCUT2D eigenvalue weighted by molar-refractivity contribution is 6.03. The van der Waals surface area contributed by atoms with Gasteiger partial charge >= 0.3 is 0 Å². The topological polar surface area (TPSA) is 81.2 Å². The molecule has 0 spiro atoms. The monoisotopic (exact) mass is 231 g/mol. The molecule has 0 aliphatic carbocycles. The Morgan fingerprint density at radius 3 is 2.65 bits per heavy atom. The lowest BCUT2D eigenvalue weighted by Crippen LogP contribution is -2.12. The summed E-state index contributed by atoms with van der Waals surface area (Å²) in [6.07, 6.45) is 2.21. The van der Waals surface area contributed by atoms with Crippen molar-refractivity contribution in [1.82, 2.24) is 5.16 Å². The first-order valence-corrected chi connectivity index (χ1v) is 5.30. The van der Waals surface area contributed by atoms with Gasteiger partial charge in [-0.25, -0.2) is 0 Å². The van der Waals surface area contributed by atoms with Gasteiger partial charge in [-0.15, -0.1) is 0 Å². The Morgan fingerprint density at radius 1 is 1.29 bits per heavy atom. The molecule has 1 aromatic heterocycles. The van der Waals surface area contributed by atoms with E-state index in [4.69, 9.17) is 5.73 Å². The number of carbonyl (C=O) groups is 1. The molecule has 5 nitrogen and oxygen atoms in total. The van der Waals surface area contributed by atoms with Crippen LogP contribution in [0, 0.1) is 0 Å². The first-order chi connectivity index (χ1) is 8.29. The zero-order chi connectivity index (χ0) is 12.1. The van der Waals surface area contributed by atoms with Gasteiger partial charge in [0.05, 0.1) is 0 Å². The van der Waals surface area contributed by atoms with E-state index in [1.807, 2.05) is 12.1 Å². The third kappa shape index (κ3) is 2.92. The van der Waals surface area contributed by atoms with Crippen LogP contribution in [0.5, 0.6) is 0 Å².